The maximum atomic E-state index is 13.2. The van der Waals surface area contributed by atoms with Gasteiger partial charge in [0.05, 0.1) is 26.4 Å². The lowest BCUT2D eigenvalue weighted by atomic mass is 10.0. The number of morpholine rings is 1. The molecule has 0 aromatic heterocycles. The third-order valence-electron chi connectivity index (χ3n) is 6.35. The van der Waals surface area contributed by atoms with Crippen molar-refractivity contribution in [2.75, 3.05) is 39.5 Å². The van der Waals surface area contributed by atoms with Crippen LogP contribution in [0.1, 0.15) is 17.5 Å². The maximum Gasteiger partial charge on any atom is 0.247 e. The maximum absolute atomic E-state index is 13.2. The molecule has 11 heteroatoms. The van der Waals surface area contributed by atoms with E-state index in [1.165, 1.54) is 4.90 Å². The van der Waals surface area contributed by atoms with Gasteiger partial charge in [0.2, 0.25) is 23.6 Å². The first kappa shape index (κ1) is 29.8. The second-order valence-corrected chi connectivity index (χ2v) is 9.22. The van der Waals surface area contributed by atoms with Gasteiger partial charge >= 0.3 is 0 Å². The summed E-state index contributed by atoms with van der Waals surface area (Å²) in [4.78, 5) is 53.1. The number of rotatable bonds is 13. The van der Waals surface area contributed by atoms with Crippen molar-refractivity contribution < 1.29 is 34.1 Å². The first-order valence-electron chi connectivity index (χ1n) is 13.0. The number of nitrogens with one attached hydrogen (secondary N) is 3. The molecular formula is C28H36N4O7. The molecular weight excluding hydrogens is 504 g/mol. The van der Waals surface area contributed by atoms with Crippen LogP contribution in [0.4, 0.5) is 0 Å². The van der Waals surface area contributed by atoms with Crippen molar-refractivity contribution in [3.05, 3.63) is 71.8 Å². The van der Waals surface area contributed by atoms with Gasteiger partial charge in [0.1, 0.15) is 18.1 Å². The normalized spacial score (nSPS) is 15.5. The topological polar surface area (TPSA) is 157 Å². The molecule has 11 nitrogen and oxygen atoms in total. The first-order valence-corrected chi connectivity index (χ1v) is 13.0. The number of aryl methyl sites for hydroxylation is 1. The number of carbonyl (C=O) groups is 4. The Kier molecular flexibility index (Phi) is 11.9. The van der Waals surface area contributed by atoms with Crippen LogP contribution in [0.3, 0.4) is 0 Å². The number of amides is 4. The van der Waals surface area contributed by atoms with E-state index in [4.69, 9.17) is 4.74 Å². The molecule has 1 aliphatic heterocycles. The molecule has 1 aliphatic rings. The fraction of sp³-hybridized carbons (Fsp3) is 0.429. The van der Waals surface area contributed by atoms with Gasteiger partial charge in [-0.2, -0.15) is 0 Å². The van der Waals surface area contributed by atoms with E-state index in [9.17, 15) is 29.4 Å². The van der Waals surface area contributed by atoms with Crippen molar-refractivity contribution in [3.63, 3.8) is 0 Å². The van der Waals surface area contributed by atoms with Gasteiger partial charge in [-0.15, -0.1) is 0 Å². The second kappa shape index (κ2) is 15.6. The average molecular weight is 541 g/mol. The van der Waals surface area contributed by atoms with Crippen LogP contribution in [0.25, 0.3) is 0 Å². The number of aliphatic hydroxyl groups excluding tert-OH is 2. The fourth-order valence-corrected chi connectivity index (χ4v) is 4.16. The minimum absolute atomic E-state index is 0.0857. The molecule has 0 radical (unpaired) electrons. The Morgan fingerprint density at radius 1 is 0.744 bits per heavy atom. The minimum atomic E-state index is -1.28. The Balaban J connectivity index is 1.65. The first-order chi connectivity index (χ1) is 18.9. The van der Waals surface area contributed by atoms with Crippen LogP contribution in [0.15, 0.2) is 60.7 Å². The summed E-state index contributed by atoms with van der Waals surface area (Å²) >= 11 is 0. The van der Waals surface area contributed by atoms with Crippen LogP contribution in [-0.4, -0.2) is 96.4 Å². The zero-order chi connectivity index (χ0) is 28.0. The molecule has 0 unspecified atom stereocenters. The highest BCUT2D eigenvalue weighted by Gasteiger charge is 2.31. The summed E-state index contributed by atoms with van der Waals surface area (Å²) in [6.45, 7) is 0.130. The van der Waals surface area contributed by atoms with Gasteiger partial charge in [-0.3, -0.25) is 19.2 Å². The van der Waals surface area contributed by atoms with E-state index >= 15 is 0 Å². The average Bonchev–Trinajstić information content (AvgIpc) is 2.98. The zero-order valence-electron chi connectivity index (χ0n) is 21.8. The Hall–Kier alpha value is -3.80. The molecule has 1 saturated heterocycles. The number of hydrogen-bond donors (Lipinski definition) is 5. The van der Waals surface area contributed by atoms with Gasteiger partial charge < -0.3 is 35.8 Å². The molecule has 2 aromatic carbocycles. The molecule has 5 N–H and O–H groups in total. The molecule has 39 heavy (non-hydrogen) atoms. The molecule has 1 fully saturated rings. The van der Waals surface area contributed by atoms with Crippen molar-refractivity contribution in [1.82, 2.24) is 20.9 Å². The summed E-state index contributed by atoms with van der Waals surface area (Å²) in [6, 6.07) is 14.7. The van der Waals surface area contributed by atoms with Gasteiger partial charge in [-0.1, -0.05) is 60.7 Å². The Morgan fingerprint density at radius 3 is 1.87 bits per heavy atom. The van der Waals surface area contributed by atoms with E-state index in [0.717, 1.165) is 11.1 Å². The third kappa shape index (κ3) is 9.47. The molecule has 0 aliphatic carbocycles. The molecule has 0 saturated carbocycles. The number of aliphatic hydroxyl groups is 2. The second-order valence-electron chi connectivity index (χ2n) is 9.22. The number of ether oxygens (including phenoxy) is 1. The van der Waals surface area contributed by atoms with Crippen molar-refractivity contribution in [1.29, 1.82) is 0 Å². The van der Waals surface area contributed by atoms with Crippen molar-refractivity contribution in [2.24, 2.45) is 0 Å². The van der Waals surface area contributed by atoms with Crippen LogP contribution >= 0.6 is 0 Å². The number of carbonyl (C=O) groups excluding carboxylic acids is 4. The Labute approximate surface area is 227 Å². The van der Waals surface area contributed by atoms with E-state index in [1.54, 1.807) is 24.3 Å². The lowest BCUT2D eigenvalue weighted by Gasteiger charge is -2.31. The summed E-state index contributed by atoms with van der Waals surface area (Å²) in [7, 11) is 0. The largest absolute Gasteiger partial charge is 0.394 e. The Bertz CT molecular complexity index is 1080. The number of hydrogen-bond acceptors (Lipinski definition) is 7. The van der Waals surface area contributed by atoms with Crippen LogP contribution < -0.4 is 16.0 Å². The van der Waals surface area contributed by atoms with Gasteiger partial charge in [0.25, 0.3) is 0 Å². The van der Waals surface area contributed by atoms with Crippen molar-refractivity contribution in [2.45, 2.75) is 37.4 Å². The van der Waals surface area contributed by atoms with Crippen LogP contribution in [0, 0.1) is 0 Å². The highest BCUT2D eigenvalue weighted by Crippen LogP contribution is 2.07. The van der Waals surface area contributed by atoms with E-state index in [-0.39, 0.29) is 12.8 Å². The van der Waals surface area contributed by atoms with E-state index in [0.29, 0.717) is 32.7 Å². The van der Waals surface area contributed by atoms with Gasteiger partial charge in [-0.25, -0.2) is 0 Å². The fourth-order valence-electron chi connectivity index (χ4n) is 4.16. The molecule has 1 heterocycles. The third-order valence-corrected chi connectivity index (χ3v) is 6.35. The van der Waals surface area contributed by atoms with Gasteiger partial charge in [0.15, 0.2) is 0 Å². The molecule has 3 atom stereocenters. The van der Waals surface area contributed by atoms with E-state index < -0.39 is 55.0 Å². The smallest absolute Gasteiger partial charge is 0.247 e. The highest BCUT2D eigenvalue weighted by molar-refractivity contribution is 5.94. The van der Waals surface area contributed by atoms with Crippen LogP contribution in [0.2, 0.25) is 0 Å². The number of benzene rings is 2. The molecule has 210 valence electrons. The van der Waals surface area contributed by atoms with Crippen molar-refractivity contribution in [3.8, 4) is 0 Å². The minimum Gasteiger partial charge on any atom is -0.394 e. The van der Waals surface area contributed by atoms with Crippen LogP contribution in [0.5, 0.6) is 0 Å². The summed E-state index contributed by atoms with van der Waals surface area (Å²) in [5, 5.41) is 27.3. The van der Waals surface area contributed by atoms with Crippen molar-refractivity contribution >= 4 is 23.6 Å². The predicted octanol–water partition coefficient (Wildman–Crippen LogP) is -0.840. The lowest BCUT2D eigenvalue weighted by Crippen LogP contribution is -2.59. The van der Waals surface area contributed by atoms with E-state index in [1.807, 2.05) is 36.4 Å². The molecule has 3 rings (SSSR count). The number of nitrogens with zero attached hydrogens (tertiary/aromatic N) is 1. The zero-order valence-corrected chi connectivity index (χ0v) is 21.8. The van der Waals surface area contributed by atoms with E-state index in [2.05, 4.69) is 16.0 Å². The molecule has 4 amide bonds. The summed E-state index contributed by atoms with van der Waals surface area (Å²) in [6.07, 6.45) is 0.664. The SMILES string of the molecule is O=C(CCc1ccccc1)N[C@@H](CO)C(=O)N[C@@H](Cc1ccccc1)C(=O)N[C@@H](CO)C(=O)N1CCOCC1. The Morgan fingerprint density at radius 2 is 1.28 bits per heavy atom. The quantitative estimate of drug-likeness (QED) is 0.222. The summed E-state index contributed by atoms with van der Waals surface area (Å²) in [5.41, 5.74) is 1.70. The monoisotopic (exact) mass is 540 g/mol. The van der Waals surface area contributed by atoms with Gasteiger partial charge in [0, 0.05) is 25.9 Å². The molecule has 2 aromatic rings. The molecule has 0 spiro atoms. The summed E-state index contributed by atoms with van der Waals surface area (Å²) < 4.78 is 5.25. The van der Waals surface area contributed by atoms with Gasteiger partial charge in [-0.05, 0) is 17.5 Å². The lowest BCUT2D eigenvalue weighted by molar-refractivity contribution is -0.141. The predicted molar refractivity (Wildman–Crippen MR) is 142 cm³/mol. The highest BCUT2D eigenvalue weighted by atomic mass is 16.5. The van der Waals surface area contributed by atoms with Crippen LogP contribution in [-0.2, 0) is 36.8 Å². The molecule has 0 bridgehead atoms. The standard InChI is InChI=1S/C28H36N4O7/c33-18-23(29-25(35)12-11-20-7-3-1-4-8-20)27(37)30-22(17-21-9-5-2-6-10-21)26(36)31-24(19-34)28(38)32-13-15-39-16-14-32/h1-10,22-24,33-34H,11-19H2,(H,29,35)(H,30,37)(H,31,36)/t22-,23-,24-/m0/s1. The summed E-state index contributed by atoms with van der Waals surface area (Å²) in [5.74, 6) is -2.30.